The Morgan fingerprint density at radius 1 is 1.24 bits per heavy atom. The monoisotopic (exact) mass is 236 g/mol. The molecule has 2 nitrogen and oxygen atoms in total. The van der Waals surface area contributed by atoms with Gasteiger partial charge >= 0.3 is 0 Å². The molecule has 2 unspecified atom stereocenters. The molecule has 0 saturated heterocycles. The van der Waals surface area contributed by atoms with E-state index in [9.17, 15) is 0 Å². The smallest absolute Gasteiger partial charge is 0.0202 e. The molecule has 1 N–H and O–H groups in total. The third-order valence-corrected chi connectivity index (χ3v) is 4.32. The summed E-state index contributed by atoms with van der Waals surface area (Å²) in [5, 5.41) is 3.55. The summed E-state index contributed by atoms with van der Waals surface area (Å²) >= 11 is 0. The predicted octanol–water partition coefficient (Wildman–Crippen LogP) is 2.81. The molecule has 98 valence electrons. The molecule has 2 heteroatoms. The van der Waals surface area contributed by atoms with Crippen molar-refractivity contribution in [2.24, 2.45) is 5.92 Å². The fourth-order valence-corrected chi connectivity index (χ4v) is 3.05. The second-order valence-electron chi connectivity index (χ2n) is 6.15. The second-order valence-corrected chi connectivity index (χ2v) is 6.15. The normalized spacial score (nSPS) is 29.6. The van der Waals surface area contributed by atoms with Crippen LogP contribution in [0.2, 0.25) is 0 Å². The summed E-state index contributed by atoms with van der Waals surface area (Å²) in [5.74, 6) is 0.859. The largest absolute Gasteiger partial charge is 0.310 e. The van der Waals surface area contributed by atoms with E-state index in [1.54, 1.807) is 0 Å². The highest BCUT2D eigenvalue weighted by atomic mass is 15.1. The van der Waals surface area contributed by atoms with E-state index in [0.29, 0.717) is 0 Å². The van der Waals surface area contributed by atoms with Gasteiger partial charge in [0.25, 0.3) is 0 Å². The van der Waals surface area contributed by atoms with E-state index in [1.165, 1.54) is 44.1 Å². The van der Waals surface area contributed by atoms with Crippen LogP contribution in [0, 0.1) is 5.92 Å². The van der Waals surface area contributed by atoms with Crippen LogP contribution in [0.3, 0.4) is 0 Å². The number of nitrogens with zero attached hydrogens (tertiary/aromatic N) is 1. The van der Waals surface area contributed by atoms with Gasteiger partial charge in [0.1, 0.15) is 0 Å². The van der Waals surface area contributed by atoms with Crippen molar-refractivity contribution < 1.29 is 0 Å². The highest BCUT2D eigenvalue weighted by Crippen LogP contribution is 2.27. The van der Waals surface area contributed by atoms with E-state index >= 15 is 0 Å². The molecular formula is C15H28N2. The van der Waals surface area contributed by atoms with Crippen LogP contribution in [-0.2, 0) is 0 Å². The average Bonchev–Trinajstić information content (AvgIpc) is 3.10. The number of hydrogen-bond acceptors (Lipinski definition) is 2. The molecule has 0 spiro atoms. The quantitative estimate of drug-likeness (QED) is 0.713. The Kier molecular flexibility index (Phi) is 4.63. The van der Waals surface area contributed by atoms with Gasteiger partial charge in [0.15, 0.2) is 0 Å². The van der Waals surface area contributed by atoms with Gasteiger partial charge < -0.3 is 5.32 Å². The average molecular weight is 236 g/mol. The molecule has 2 aliphatic rings. The third-order valence-electron chi connectivity index (χ3n) is 4.32. The minimum atomic E-state index is 0.779. The molecule has 2 aliphatic carbocycles. The predicted molar refractivity (Wildman–Crippen MR) is 74.2 cm³/mol. The van der Waals surface area contributed by atoms with Crippen LogP contribution in [0.5, 0.6) is 0 Å². The number of nitrogens with one attached hydrogen (secondary N) is 1. The van der Waals surface area contributed by atoms with E-state index in [4.69, 9.17) is 0 Å². The van der Waals surface area contributed by atoms with Gasteiger partial charge in [0.05, 0.1) is 0 Å². The summed E-state index contributed by atoms with van der Waals surface area (Å²) in [6.07, 6.45) is 8.34. The summed E-state index contributed by atoms with van der Waals surface area (Å²) in [6.45, 7) is 8.69. The first-order valence-corrected chi connectivity index (χ1v) is 7.27. The minimum Gasteiger partial charge on any atom is -0.310 e. The first-order valence-electron chi connectivity index (χ1n) is 7.27. The lowest BCUT2D eigenvalue weighted by atomic mass is 9.85. The van der Waals surface area contributed by atoms with Crippen molar-refractivity contribution in [3.63, 3.8) is 0 Å². The van der Waals surface area contributed by atoms with Crippen molar-refractivity contribution in [3.8, 4) is 0 Å². The highest BCUT2D eigenvalue weighted by molar-refractivity contribution is 5.02. The summed E-state index contributed by atoms with van der Waals surface area (Å²) in [5.41, 5.74) is 1.34. The Morgan fingerprint density at radius 2 is 1.94 bits per heavy atom. The summed E-state index contributed by atoms with van der Waals surface area (Å²) in [6, 6.07) is 1.58. The van der Waals surface area contributed by atoms with Crippen LogP contribution in [0.1, 0.15) is 45.4 Å². The lowest BCUT2D eigenvalue weighted by Crippen LogP contribution is -2.40. The van der Waals surface area contributed by atoms with E-state index in [2.05, 4.69) is 30.8 Å². The zero-order chi connectivity index (χ0) is 12.3. The standard InChI is InChI=1S/C15H28N2/c1-12(10-16-14-8-9-14)11-17(3)15-7-5-4-6-13(15)2/h13-16H,1,4-11H2,2-3H3. The topological polar surface area (TPSA) is 15.3 Å². The molecule has 0 aromatic rings. The van der Waals surface area contributed by atoms with Gasteiger partial charge in [-0.1, -0.05) is 26.3 Å². The second kappa shape index (κ2) is 6.01. The SMILES string of the molecule is C=C(CNC1CC1)CN(C)C1CCCCC1C. The van der Waals surface area contributed by atoms with Gasteiger partial charge in [0, 0.05) is 25.2 Å². The fraction of sp³-hybridized carbons (Fsp3) is 0.867. The Bertz CT molecular complexity index is 258. The van der Waals surface area contributed by atoms with Crippen LogP contribution in [-0.4, -0.2) is 37.1 Å². The molecular weight excluding hydrogens is 208 g/mol. The van der Waals surface area contributed by atoms with Crippen molar-refractivity contribution in [2.45, 2.75) is 57.5 Å². The van der Waals surface area contributed by atoms with Gasteiger partial charge in [-0.15, -0.1) is 0 Å². The van der Waals surface area contributed by atoms with Crippen molar-refractivity contribution in [3.05, 3.63) is 12.2 Å². The molecule has 17 heavy (non-hydrogen) atoms. The molecule has 2 rings (SSSR count). The van der Waals surface area contributed by atoms with Crippen LogP contribution in [0.25, 0.3) is 0 Å². The third kappa shape index (κ3) is 4.11. The van der Waals surface area contributed by atoms with Gasteiger partial charge in [0.2, 0.25) is 0 Å². The van der Waals surface area contributed by atoms with Crippen LogP contribution < -0.4 is 5.32 Å². The Morgan fingerprint density at radius 3 is 2.59 bits per heavy atom. The molecule has 0 aliphatic heterocycles. The van der Waals surface area contributed by atoms with Crippen LogP contribution in [0.4, 0.5) is 0 Å². The Hall–Kier alpha value is -0.340. The van der Waals surface area contributed by atoms with Crippen molar-refractivity contribution in [1.82, 2.24) is 10.2 Å². The maximum absolute atomic E-state index is 4.21. The molecule has 0 radical (unpaired) electrons. The lowest BCUT2D eigenvalue weighted by molar-refractivity contribution is 0.149. The lowest BCUT2D eigenvalue weighted by Gasteiger charge is -2.36. The molecule has 0 heterocycles. The van der Waals surface area contributed by atoms with Gasteiger partial charge in [-0.25, -0.2) is 0 Å². The number of likely N-dealkylation sites (N-methyl/N-ethyl adjacent to an activating group) is 1. The fourth-order valence-electron chi connectivity index (χ4n) is 3.05. The molecule has 0 amide bonds. The van der Waals surface area contributed by atoms with Crippen LogP contribution in [0.15, 0.2) is 12.2 Å². The molecule has 0 aromatic heterocycles. The minimum absolute atomic E-state index is 0.779. The van der Waals surface area contributed by atoms with E-state index in [0.717, 1.165) is 31.1 Å². The molecule has 0 bridgehead atoms. The first-order chi connectivity index (χ1) is 8.16. The maximum Gasteiger partial charge on any atom is 0.0202 e. The van der Waals surface area contributed by atoms with Crippen LogP contribution >= 0.6 is 0 Å². The van der Waals surface area contributed by atoms with Gasteiger partial charge in [-0.3, -0.25) is 4.90 Å². The van der Waals surface area contributed by atoms with E-state index < -0.39 is 0 Å². The number of hydrogen-bond donors (Lipinski definition) is 1. The summed E-state index contributed by atoms with van der Waals surface area (Å²) in [7, 11) is 2.27. The first kappa shape index (κ1) is 13.1. The van der Waals surface area contributed by atoms with Crippen molar-refractivity contribution in [2.75, 3.05) is 20.1 Å². The zero-order valence-electron chi connectivity index (χ0n) is 11.5. The van der Waals surface area contributed by atoms with E-state index in [-0.39, 0.29) is 0 Å². The molecule has 0 aromatic carbocycles. The Balaban J connectivity index is 1.70. The Labute approximate surface area is 106 Å². The van der Waals surface area contributed by atoms with Gasteiger partial charge in [-0.05, 0) is 44.2 Å². The zero-order valence-corrected chi connectivity index (χ0v) is 11.5. The highest BCUT2D eigenvalue weighted by Gasteiger charge is 2.25. The number of rotatable bonds is 6. The van der Waals surface area contributed by atoms with Crippen molar-refractivity contribution in [1.29, 1.82) is 0 Å². The molecule has 2 fully saturated rings. The summed E-state index contributed by atoms with van der Waals surface area (Å²) < 4.78 is 0. The van der Waals surface area contributed by atoms with Crippen molar-refractivity contribution >= 4 is 0 Å². The molecule has 2 atom stereocenters. The molecule has 2 saturated carbocycles. The van der Waals surface area contributed by atoms with E-state index in [1.807, 2.05) is 0 Å². The maximum atomic E-state index is 4.21. The summed E-state index contributed by atoms with van der Waals surface area (Å²) in [4.78, 5) is 2.53. The van der Waals surface area contributed by atoms with Gasteiger partial charge in [-0.2, -0.15) is 0 Å².